The number of methoxy groups -OCH3 is 1. The zero-order chi connectivity index (χ0) is 14.7. The third-order valence-electron chi connectivity index (χ3n) is 1.74. The largest absolute Gasteiger partial charge is 0.382 e. The third-order valence-corrected chi connectivity index (χ3v) is 1.92. The van der Waals surface area contributed by atoms with Crippen molar-refractivity contribution in [2.45, 2.75) is 13.0 Å². The van der Waals surface area contributed by atoms with E-state index in [4.69, 9.17) is 20.9 Å². The lowest BCUT2D eigenvalue weighted by atomic mass is 10.2. The molecular weight excluding hydrogens is 288 g/mol. The van der Waals surface area contributed by atoms with Crippen LogP contribution in [0, 0.1) is 0 Å². The lowest BCUT2D eigenvalue weighted by Gasteiger charge is -2.12. The number of ether oxygens (including phenoxy) is 2. The Morgan fingerprint density at radius 1 is 1.26 bits per heavy atom. The number of thiocarbonyl (C=S) groups is 2. The summed E-state index contributed by atoms with van der Waals surface area (Å²) in [5.74, 6) is 0. The highest BCUT2D eigenvalue weighted by Gasteiger charge is 2.09. The molecule has 0 aliphatic carbocycles. The van der Waals surface area contributed by atoms with Crippen LogP contribution in [0.5, 0.6) is 0 Å². The standard InChI is InChI=1S/C9H18N6O2S2/c1-6(17-4-3-16-2)7(13-15-9(11)19)5-12-14-8(10)18/h5-6H,3-4H2,1-2H3,(H3,10,14,18)(H3,11,15,19)/b12-5+,13-7+/t6-/m0/s1. The molecule has 1 atom stereocenters. The van der Waals surface area contributed by atoms with E-state index in [-0.39, 0.29) is 16.3 Å². The van der Waals surface area contributed by atoms with Crippen LogP contribution in [-0.4, -0.2) is 48.6 Å². The molecule has 0 bridgehead atoms. The van der Waals surface area contributed by atoms with Gasteiger partial charge in [0, 0.05) is 7.11 Å². The zero-order valence-corrected chi connectivity index (χ0v) is 12.4. The maximum atomic E-state index is 5.47. The van der Waals surface area contributed by atoms with Gasteiger partial charge in [0.05, 0.1) is 19.4 Å². The molecule has 0 aromatic heterocycles. The monoisotopic (exact) mass is 306 g/mol. The Morgan fingerprint density at radius 3 is 2.42 bits per heavy atom. The molecule has 0 heterocycles. The van der Waals surface area contributed by atoms with Crippen molar-refractivity contribution in [3.63, 3.8) is 0 Å². The van der Waals surface area contributed by atoms with Crippen molar-refractivity contribution in [1.29, 1.82) is 0 Å². The predicted octanol–water partition coefficient (Wildman–Crippen LogP) is -0.954. The molecule has 0 fully saturated rings. The van der Waals surface area contributed by atoms with Gasteiger partial charge >= 0.3 is 0 Å². The second-order valence-corrected chi connectivity index (χ2v) is 4.13. The van der Waals surface area contributed by atoms with Gasteiger partial charge in [-0.15, -0.1) is 0 Å². The molecule has 0 radical (unpaired) electrons. The summed E-state index contributed by atoms with van der Waals surface area (Å²) < 4.78 is 10.4. The zero-order valence-electron chi connectivity index (χ0n) is 10.8. The summed E-state index contributed by atoms with van der Waals surface area (Å²) in [6.45, 7) is 2.69. The summed E-state index contributed by atoms with van der Waals surface area (Å²) in [4.78, 5) is 0. The van der Waals surface area contributed by atoms with Gasteiger partial charge in [0.2, 0.25) is 0 Å². The highest BCUT2D eigenvalue weighted by atomic mass is 32.1. The highest BCUT2D eigenvalue weighted by Crippen LogP contribution is 1.93. The lowest BCUT2D eigenvalue weighted by Crippen LogP contribution is -2.32. The van der Waals surface area contributed by atoms with E-state index >= 15 is 0 Å². The van der Waals surface area contributed by atoms with Gasteiger partial charge in [-0.2, -0.15) is 10.2 Å². The minimum absolute atomic E-state index is 0.0392. The van der Waals surface area contributed by atoms with E-state index in [0.717, 1.165) is 0 Å². The van der Waals surface area contributed by atoms with Crippen LogP contribution in [0.15, 0.2) is 10.2 Å². The van der Waals surface area contributed by atoms with E-state index in [2.05, 4.69) is 45.5 Å². The van der Waals surface area contributed by atoms with E-state index in [1.165, 1.54) is 6.21 Å². The molecule has 0 amide bonds. The van der Waals surface area contributed by atoms with Gasteiger partial charge < -0.3 is 20.9 Å². The molecule has 19 heavy (non-hydrogen) atoms. The van der Waals surface area contributed by atoms with Crippen LogP contribution < -0.4 is 22.3 Å². The number of hydrazone groups is 2. The van der Waals surface area contributed by atoms with Crippen LogP contribution in [0.25, 0.3) is 0 Å². The van der Waals surface area contributed by atoms with Crippen molar-refractivity contribution >= 4 is 46.6 Å². The lowest BCUT2D eigenvalue weighted by molar-refractivity contribution is 0.0559. The second kappa shape index (κ2) is 10.6. The molecule has 6 N–H and O–H groups in total. The van der Waals surface area contributed by atoms with Crippen molar-refractivity contribution in [3.05, 3.63) is 0 Å². The van der Waals surface area contributed by atoms with E-state index < -0.39 is 0 Å². The Hall–Kier alpha value is -1.36. The highest BCUT2D eigenvalue weighted by molar-refractivity contribution is 7.80. The van der Waals surface area contributed by atoms with Crippen molar-refractivity contribution < 1.29 is 9.47 Å². The molecule has 108 valence electrons. The number of rotatable bonds is 8. The summed E-state index contributed by atoms with van der Waals surface area (Å²) in [5.41, 5.74) is 15.9. The Balaban J connectivity index is 4.55. The van der Waals surface area contributed by atoms with Gasteiger partial charge in [-0.25, -0.2) is 0 Å². The molecule has 0 rings (SSSR count). The Bertz CT molecular complexity index is 361. The van der Waals surface area contributed by atoms with Gasteiger partial charge in [0.1, 0.15) is 11.8 Å². The van der Waals surface area contributed by atoms with Crippen molar-refractivity contribution in [1.82, 2.24) is 10.9 Å². The molecule has 0 aliphatic heterocycles. The van der Waals surface area contributed by atoms with Crippen LogP contribution in [0.4, 0.5) is 0 Å². The molecule has 10 heteroatoms. The van der Waals surface area contributed by atoms with E-state index in [0.29, 0.717) is 18.9 Å². The van der Waals surface area contributed by atoms with Crippen molar-refractivity contribution in [2.75, 3.05) is 20.3 Å². The molecule has 0 spiro atoms. The minimum Gasteiger partial charge on any atom is -0.382 e. The summed E-state index contributed by atoms with van der Waals surface area (Å²) in [5, 5.41) is 7.84. The number of nitrogens with one attached hydrogen (secondary N) is 2. The Labute approximate surface area is 122 Å². The van der Waals surface area contributed by atoms with Gasteiger partial charge in [-0.1, -0.05) is 0 Å². The number of hydrogen-bond acceptors (Lipinski definition) is 6. The summed E-state index contributed by atoms with van der Waals surface area (Å²) >= 11 is 9.27. The molecule has 0 aromatic rings. The first-order valence-electron chi connectivity index (χ1n) is 5.29. The molecule has 0 unspecified atom stereocenters. The Morgan fingerprint density at radius 2 is 1.89 bits per heavy atom. The van der Waals surface area contributed by atoms with Crippen molar-refractivity contribution in [3.8, 4) is 0 Å². The normalized spacial score (nSPS) is 13.3. The first kappa shape index (κ1) is 17.6. The maximum Gasteiger partial charge on any atom is 0.184 e. The van der Waals surface area contributed by atoms with Gasteiger partial charge in [0.25, 0.3) is 0 Å². The molecule has 0 saturated heterocycles. The average Bonchev–Trinajstić information content (AvgIpc) is 2.32. The Kier molecular flexibility index (Phi) is 9.80. The van der Waals surface area contributed by atoms with Crippen LogP contribution in [-0.2, 0) is 9.47 Å². The summed E-state index contributed by atoms with van der Waals surface area (Å²) in [6.07, 6.45) is 1.07. The van der Waals surface area contributed by atoms with Crippen LogP contribution in [0.1, 0.15) is 6.92 Å². The van der Waals surface area contributed by atoms with Gasteiger partial charge in [-0.05, 0) is 31.4 Å². The van der Waals surface area contributed by atoms with Crippen LogP contribution in [0.3, 0.4) is 0 Å². The van der Waals surface area contributed by atoms with E-state index in [1.54, 1.807) is 14.0 Å². The molecule has 0 aliphatic rings. The number of nitrogens with two attached hydrogens (primary N) is 2. The fourth-order valence-corrected chi connectivity index (χ4v) is 0.998. The van der Waals surface area contributed by atoms with Crippen LogP contribution >= 0.6 is 24.4 Å². The average molecular weight is 306 g/mol. The molecule has 8 nitrogen and oxygen atoms in total. The van der Waals surface area contributed by atoms with E-state index in [1.807, 2.05) is 0 Å². The quantitative estimate of drug-likeness (QED) is 0.196. The predicted molar refractivity (Wildman–Crippen MR) is 83.1 cm³/mol. The van der Waals surface area contributed by atoms with Gasteiger partial charge in [0.15, 0.2) is 10.2 Å². The smallest absolute Gasteiger partial charge is 0.184 e. The summed E-state index contributed by atoms with van der Waals surface area (Å²) in [6, 6.07) is 0. The fraction of sp³-hybridized carbons (Fsp3) is 0.556. The third kappa shape index (κ3) is 10.3. The second-order valence-electron chi connectivity index (χ2n) is 3.25. The van der Waals surface area contributed by atoms with Crippen molar-refractivity contribution in [2.24, 2.45) is 21.7 Å². The number of nitrogens with zero attached hydrogens (tertiary/aromatic N) is 2. The maximum absolute atomic E-state index is 5.47. The fourth-order valence-electron chi connectivity index (χ4n) is 0.900. The number of hydrogen-bond donors (Lipinski definition) is 4. The van der Waals surface area contributed by atoms with E-state index in [9.17, 15) is 0 Å². The molecular formula is C9H18N6O2S2. The van der Waals surface area contributed by atoms with Gasteiger partial charge in [-0.3, -0.25) is 10.9 Å². The van der Waals surface area contributed by atoms with Crippen LogP contribution in [0.2, 0.25) is 0 Å². The summed E-state index contributed by atoms with van der Waals surface area (Å²) in [7, 11) is 1.59. The molecule has 0 saturated carbocycles. The first-order chi connectivity index (χ1) is 8.97. The first-order valence-corrected chi connectivity index (χ1v) is 6.11. The molecule has 0 aromatic carbocycles. The SMILES string of the molecule is COCCO[C@@H](C)C(/C=N/NC(N)=S)=N/NC(N)=S. The topological polar surface area (TPSA) is 119 Å². The minimum atomic E-state index is -0.339.